The molecule has 1 aliphatic rings. The maximum atomic E-state index is 14.7. The van der Waals surface area contributed by atoms with Crippen molar-refractivity contribution in [2.75, 3.05) is 26.2 Å². The van der Waals surface area contributed by atoms with E-state index in [1.54, 1.807) is 30.0 Å². The zero-order chi connectivity index (χ0) is 30.7. The van der Waals surface area contributed by atoms with Crippen molar-refractivity contribution in [3.05, 3.63) is 64.5 Å². The van der Waals surface area contributed by atoms with Gasteiger partial charge in [-0.3, -0.25) is 4.90 Å². The Hall–Kier alpha value is -3.13. The Balaban J connectivity index is 1.85. The minimum Gasteiger partial charge on any atom is -0.484 e. The van der Waals surface area contributed by atoms with Crippen LogP contribution in [0.4, 0.5) is 9.18 Å². The van der Waals surface area contributed by atoms with E-state index in [-0.39, 0.29) is 29.8 Å². The SMILES string of the molecule is Cc1ccc(C(CN2CCN(C(=O)OC(C)(C)C)[C@H](C)C2)Oc2ccc(C(=O)OC(C)(C)C)c(C(C)C)c2)cc1F. The highest BCUT2D eigenvalue weighted by Gasteiger charge is 2.32. The van der Waals surface area contributed by atoms with Crippen molar-refractivity contribution in [3.63, 3.8) is 0 Å². The Morgan fingerprint density at radius 1 is 0.976 bits per heavy atom. The van der Waals surface area contributed by atoms with Crippen molar-refractivity contribution >= 4 is 12.1 Å². The van der Waals surface area contributed by atoms with Crippen LogP contribution in [0.25, 0.3) is 0 Å². The molecule has 0 radical (unpaired) electrons. The van der Waals surface area contributed by atoms with Gasteiger partial charge in [0, 0.05) is 32.2 Å². The van der Waals surface area contributed by atoms with Crippen molar-refractivity contribution in [1.82, 2.24) is 9.80 Å². The Kier molecular flexibility index (Phi) is 10.1. The van der Waals surface area contributed by atoms with Gasteiger partial charge < -0.3 is 19.1 Å². The van der Waals surface area contributed by atoms with Gasteiger partial charge >= 0.3 is 12.1 Å². The van der Waals surface area contributed by atoms with Gasteiger partial charge in [0.2, 0.25) is 0 Å². The van der Waals surface area contributed by atoms with Crippen molar-refractivity contribution in [2.45, 2.75) is 98.5 Å². The molecule has 1 heterocycles. The predicted molar refractivity (Wildman–Crippen MR) is 159 cm³/mol. The molecule has 1 amide bonds. The zero-order valence-corrected chi connectivity index (χ0v) is 26.3. The maximum absolute atomic E-state index is 14.7. The quantitative estimate of drug-likeness (QED) is 0.326. The largest absolute Gasteiger partial charge is 0.484 e. The highest BCUT2D eigenvalue weighted by molar-refractivity contribution is 5.91. The number of hydrogen-bond acceptors (Lipinski definition) is 6. The van der Waals surface area contributed by atoms with E-state index in [9.17, 15) is 14.0 Å². The van der Waals surface area contributed by atoms with E-state index in [0.29, 0.717) is 43.1 Å². The summed E-state index contributed by atoms with van der Waals surface area (Å²) in [5.41, 5.74) is 1.45. The molecule has 0 spiro atoms. The fraction of sp³-hybridized carbons (Fsp3) is 0.576. The van der Waals surface area contributed by atoms with Gasteiger partial charge in [-0.15, -0.1) is 0 Å². The van der Waals surface area contributed by atoms with Crippen LogP contribution in [-0.4, -0.2) is 65.3 Å². The van der Waals surface area contributed by atoms with Crippen LogP contribution in [0.15, 0.2) is 36.4 Å². The first kappa shape index (κ1) is 32.4. The second kappa shape index (κ2) is 12.8. The summed E-state index contributed by atoms with van der Waals surface area (Å²) in [6, 6.07) is 10.5. The lowest BCUT2D eigenvalue weighted by Crippen LogP contribution is -2.55. The van der Waals surface area contributed by atoms with Crippen LogP contribution in [0.1, 0.15) is 101 Å². The van der Waals surface area contributed by atoms with E-state index >= 15 is 0 Å². The monoisotopic (exact) mass is 570 g/mol. The Morgan fingerprint density at radius 2 is 1.63 bits per heavy atom. The summed E-state index contributed by atoms with van der Waals surface area (Å²) < 4.78 is 32.4. The van der Waals surface area contributed by atoms with Crippen molar-refractivity contribution in [3.8, 4) is 5.75 Å². The summed E-state index contributed by atoms with van der Waals surface area (Å²) in [6.45, 7) is 21.2. The normalized spacial score (nSPS) is 17.4. The summed E-state index contributed by atoms with van der Waals surface area (Å²) in [5, 5.41) is 0. The highest BCUT2D eigenvalue weighted by Crippen LogP contribution is 2.31. The van der Waals surface area contributed by atoms with Crippen LogP contribution in [-0.2, 0) is 9.47 Å². The second-order valence-electron chi connectivity index (χ2n) is 13.3. The average Bonchev–Trinajstić information content (AvgIpc) is 2.83. The van der Waals surface area contributed by atoms with E-state index < -0.39 is 17.3 Å². The van der Waals surface area contributed by atoms with Crippen LogP contribution in [0.3, 0.4) is 0 Å². The molecule has 0 N–H and O–H groups in total. The minimum absolute atomic E-state index is 0.0538. The summed E-state index contributed by atoms with van der Waals surface area (Å²) >= 11 is 0. The lowest BCUT2D eigenvalue weighted by atomic mass is 9.96. The molecule has 2 aromatic rings. The van der Waals surface area contributed by atoms with Gasteiger partial charge in [0.1, 0.15) is 28.9 Å². The van der Waals surface area contributed by atoms with Gasteiger partial charge in [-0.1, -0.05) is 26.0 Å². The molecule has 1 aliphatic heterocycles. The molecule has 1 fully saturated rings. The molecule has 0 saturated carbocycles. The first-order valence-electron chi connectivity index (χ1n) is 14.5. The summed E-state index contributed by atoms with van der Waals surface area (Å²) in [5.74, 6) is -0.0188. The summed E-state index contributed by atoms with van der Waals surface area (Å²) in [4.78, 5) is 29.6. The Bertz CT molecular complexity index is 1230. The zero-order valence-electron chi connectivity index (χ0n) is 26.3. The third-order valence-electron chi connectivity index (χ3n) is 6.87. The first-order valence-corrected chi connectivity index (χ1v) is 14.5. The topological polar surface area (TPSA) is 68.3 Å². The van der Waals surface area contributed by atoms with E-state index in [0.717, 1.165) is 11.1 Å². The summed E-state index contributed by atoms with van der Waals surface area (Å²) in [6.07, 6.45) is -0.790. The molecule has 1 unspecified atom stereocenters. The molecule has 0 aliphatic carbocycles. The number of hydrogen-bond donors (Lipinski definition) is 0. The van der Waals surface area contributed by atoms with Crippen LogP contribution < -0.4 is 4.74 Å². The highest BCUT2D eigenvalue weighted by atomic mass is 19.1. The molecule has 0 bridgehead atoms. The molecule has 7 nitrogen and oxygen atoms in total. The molecule has 3 rings (SSSR count). The van der Waals surface area contributed by atoms with Gasteiger partial charge in [0.25, 0.3) is 0 Å². The van der Waals surface area contributed by atoms with Crippen LogP contribution in [0.5, 0.6) is 5.75 Å². The number of aryl methyl sites for hydroxylation is 1. The van der Waals surface area contributed by atoms with Crippen molar-refractivity contribution < 1.29 is 28.2 Å². The molecule has 2 atom stereocenters. The van der Waals surface area contributed by atoms with Crippen LogP contribution >= 0.6 is 0 Å². The number of benzene rings is 2. The van der Waals surface area contributed by atoms with Crippen LogP contribution in [0.2, 0.25) is 0 Å². The smallest absolute Gasteiger partial charge is 0.410 e. The van der Waals surface area contributed by atoms with Crippen molar-refractivity contribution in [2.24, 2.45) is 0 Å². The fourth-order valence-corrected chi connectivity index (χ4v) is 4.82. The number of nitrogens with zero attached hydrogens (tertiary/aromatic N) is 2. The van der Waals surface area contributed by atoms with Gasteiger partial charge in [-0.25, -0.2) is 14.0 Å². The molecule has 2 aromatic carbocycles. The lowest BCUT2D eigenvalue weighted by Gasteiger charge is -2.41. The Labute approximate surface area is 244 Å². The minimum atomic E-state index is -0.605. The second-order valence-corrected chi connectivity index (χ2v) is 13.3. The number of esters is 1. The standard InChI is InChI=1S/C33H47FN2O5/c1-21(2)27-18-25(13-14-26(27)30(37)40-32(5,6)7)39-29(24-12-11-22(3)28(34)17-24)20-35-15-16-36(23(4)19-35)31(38)41-33(8,9)10/h11-14,17-18,21,23,29H,15-16,19-20H2,1-10H3/t23-,29?/m1/s1. The summed E-state index contributed by atoms with van der Waals surface area (Å²) in [7, 11) is 0. The van der Waals surface area contributed by atoms with Gasteiger partial charge in [-0.2, -0.15) is 0 Å². The van der Waals surface area contributed by atoms with Gasteiger partial charge in [-0.05, 0) is 102 Å². The number of ether oxygens (including phenoxy) is 3. The number of rotatable bonds is 7. The van der Waals surface area contributed by atoms with E-state index in [4.69, 9.17) is 14.2 Å². The molecular weight excluding hydrogens is 523 g/mol. The van der Waals surface area contributed by atoms with E-state index in [2.05, 4.69) is 4.90 Å². The van der Waals surface area contributed by atoms with E-state index in [1.165, 1.54) is 6.07 Å². The molecular formula is C33H47FN2O5. The Morgan fingerprint density at radius 3 is 2.20 bits per heavy atom. The predicted octanol–water partition coefficient (Wildman–Crippen LogP) is 7.27. The van der Waals surface area contributed by atoms with Gasteiger partial charge in [0.05, 0.1) is 5.56 Å². The molecule has 41 heavy (non-hydrogen) atoms. The number of amides is 1. The van der Waals surface area contributed by atoms with Crippen LogP contribution in [0, 0.1) is 12.7 Å². The maximum Gasteiger partial charge on any atom is 0.410 e. The van der Waals surface area contributed by atoms with Crippen molar-refractivity contribution in [1.29, 1.82) is 0 Å². The third kappa shape index (κ3) is 9.18. The first-order chi connectivity index (χ1) is 18.9. The van der Waals surface area contributed by atoms with E-state index in [1.807, 2.05) is 74.4 Å². The third-order valence-corrected chi connectivity index (χ3v) is 6.87. The number of carbonyl (C=O) groups excluding carboxylic acids is 2. The number of halogens is 1. The van der Waals surface area contributed by atoms with Gasteiger partial charge in [0.15, 0.2) is 0 Å². The number of piperazine rings is 1. The fourth-order valence-electron chi connectivity index (χ4n) is 4.82. The molecule has 226 valence electrons. The number of carbonyl (C=O) groups is 2. The lowest BCUT2D eigenvalue weighted by molar-refractivity contribution is -0.00306. The average molecular weight is 571 g/mol. The molecule has 1 saturated heterocycles. The molecule has 8 heteroatoms. The molecule has 0 aromatic heterocycles.